The van der Waals surface area contributed by atoms with Crippen LogP contribution in [0.25, 0.3) is 0 Å². The molecule has 0 spiro atoms. The molecule has 0 aliphatic heterocycles. The zero-order valence-electron chi connectivity index (χ0n) is 15.7. The summed E-state index contributed by atoms with van der Waals surface area (Å²) in [5, 5.41) is 11.9. The number of rotatable bonds is 7. The SMILES string of the molecule is CC(C)c1cc[n+](CC(C)c2cc(CC(C)c3ccno3)nn2C)[nH]1. The minimum absolute atomic E-state index is 0.270. The molecule has 0 radical (unpaired) electrons. The summed E-state index contributed by atoms with van der Waals surface area (Å²) in [6.07, 6.45) is 4.66. The van der Waals surface area contributed by atoms with Crippen molar-refractivity contribution in [1.82, 2.24) is 20.0 Å². The van der Waals surface area contributed by atoms with E-state index in [0.717, 1.165) is 24.4 Å². The topological polar surface area (TPSA) is 63.5 Å². The fourth-order valence-electron chi connectivity index (χ4n) is 3.23. The van der Waals surface area contributed by atoms with Crippen LogP contribution in [-0.2, 0) is 20.0 Å². The molecule has 134 valence electrons. The van der Waals surface area contributed by atoms with Gasteiger partial charge in [0, 0.05) is 37.2 Å². The summed E-state index contributed by atoms with van der Waals surface area (Å²) in [7, 11) is 2.02. The molecule has 0 saturated carbocycles. The Morgan fingerprint density at radius 2 is 2.00 bits per heavy atom. The molecule has 0 amide bonds. The maximum absolute atomic E-state index is 5.26. The van der Waals surface area contributed by atoms with Crippen molar-refractivity contribution in [3.05, 3.63) is 53.4 Å². The summed E-state index contributed by atoms with van der Waals surface area (Å²) in [6.45, 7) is 9.68. The predicted octanol–water partition coefficient (Wildman–Crippen LogP) is 3.30. The summed E-state index contributed by atoms with van der Waals surface area (Å²) in [5.41, 5.74) is 3.60. The van der Waals surface area contributed by atoms with E-state index in [4.69, 9.17) is 9.62 Å². The van der Waals surface area contributed by atoms with Gasteiger partial charge in [-0.2, -0.15) is 10.2 Å². The van der Waals surface area contributed by atoms with E-state index >= 15 is 0 Å². The molecule has 2 atom stereocenters. The van der Waals surface area contributed by atoms with E-state index in [1.807, 2.05) is 17.8 Å². The number of hydrogen-bond donors (Lipinski definition) is 1. The lowest BCUT2D eigenvalue weighted by Gasteiger charge is -2.07. The maximum atomic E-state index is 5.26. The summed E-state index contributed by atoms with van der Waals surface area (Å²) in [6, 6.07) is 6.29. The smallest absolute Gasteiger partial charge is 0.195 e. The normalized spacial score (nSPS) is 14.2. The van der Waals surface area contributed by atoms with Gasteiger partial charge in [-0.1, -0.05) is 32.9 Å². The quantitative estimate of drug-likeness (QED) is 0.670. The number of H-pyrrole nitrogens is 1. The number of aromatic amines is 1. The van der Waals surface area contributed by atoms with Crippen LogP contribution in [0.3, 0.4) is 0 Å². The van der Waals surface area contributed by atoms with Gasteiger partial charge in [-0.3, -0.25) is 4.68 Å². The third-order valence-electron chi connectivity index (χ3n) is 4.73. The zero-order valence-corrected chi connectivity index (χ0v) is 15.7. The third-order valence-corrected chi connectivity index (χ3v) is 4.73. The fraction of sp³-hybridized carbons (Fsp3) is 0.526. The Hall–Kier alpha value is -2.37. The van der Waals surface area contributed by atoms with Crippen LogP contribution in [0.1, 0.15) is 68.3 Å². The van der Waals surface area contributed by atoms with Crippen LogP contribution < -0.4 is 4.68 Å². The van der Waals surface area contributed by atoms with Gasteiger partial charge in [0.1, 0.15) is 5.76 Å². The summed E-state index contributed by atoms with van der Waals surface area (Å²) < 4.78 is 9.42. The second-order valence-electron chi connectivity index (χ2n) is 7.30. The number of hydrogen-bond acceptors (Lipinski definition) is 3. The fourth-order valence-corrected chi connectivity index (χ4v) is 3.23. The Labute approximate surface area is 148 Å². The molecule has 6 nitrogen and oxygen atoms in total. The van der Waals surface area contributed by atoms with E-state index in [9.17, 15) is 0 Å². The molecule has 6 heteroatoms. The molecule has 0 aromatic carbocycles. The molecule has 3 aromatic rings. The average Bonchev–Trinajstić information content (AvgIpc) is 3.27. The lowest BCUT2D eigenvalue weighted by molar-refractivity contribution is -0.752. The molecule has 0 bridgehead atoms. The van der Waals surface area contributed by atoms with Crippen LogP contribution in [0, 0.1) is 0 Å². The first-order chi connectivity index (χ1) is 11.9. The molecule has 3 heterocycles. The predicted molar refractivity (Wildman–Crippen MR) is 95.3 cm³/mol. The van der Waals surface area contributed by atoms with Crippen molar-refractivity contribution in [3.63, 3.8) is 0 Å². The highest BCUT2D eigenvalue weighted by atomic mass is 16.5. The molecule has 0 fully saturated rings. The van der Waals surface area contributed by atoms with Gasteiger partial charge in [0.05, 0.1) is 23.5 Å². The average molecular weight is 342 g/mol. The largest absolute Gasteiger partial charge is 0.361 e. The molecule has 0 saturated heterocycles. The Kier molecular flexibility index (Phi) is 5.06. The molecule has 0 aliphatic rings. The highest BCUT2D eigenvalue weighted by molar-refractivity contribution is 5.16. The highest BCUT2D eigenvalue weighted by Gasteiger charge is 2.20. The summed E-state index contributed by atoms with van der Waals surface area (Å²) in [5.74, 6) is 2.06. The van der Waals surface area contributed by atoms with E-state index in [0.29, 0.717) is 11.8 Å². The van der Waals surface area contributed by atoms with Crippen LogP contribution >= 0.6 is 0 Å². The van der Waals surface area contributed by atoms with Crippen LogP contribution in [0.4, 0.5) is 0 Å². The Morgan fingerprint density at radius 3 is 2.64 bits per heavy atom. The minimum atomic E-state index is 0.270. The second kappa shape index (κ2) is 7.25. The summed E-state index contributed by atoms with van der Waals surface area (Å²) in [4.78, 5) is 0. The third kappa shape index (κ3) is 4.00. The molecule has 0 aliphatic carbocycles. The second-order valence-corrected chi connectivity index (χ2v) is 7.30. The Balaban J connectivity index is 1.68. The maximum Gasteiger partial charge on any atom is 0.195 e. The van der Waals surface area contributed by atoms with Gasteiger partial charge in [0.25, 0.3) is 0 Å². The van der Waals surface area contributed by atoms with E-state index in [-0.39, 0.29) is 5.92 Å². The zero-order chi connectivity index (χ0) is 18.0. The number of nitrogens with zero attached hydrogens (tertiary/aromatic N) is 4. The standard InChI is InChI=1S/C19H27N5O/c1-13(2)17-7-9-24(22-17)12-15(4)18-11-16(21-23(18)5)10-14(3)19-6-8-20-25-19/h6-9,11,13-15H,10,12H2,1-5H3/p+1. The highest BCUT2D eigenvalue weighted by Crippen LogP contribution is 2.22. The van der Waals surface area contributed by atoms with Gasteiger partial charge < -0.3 is 4.52 Å². The van der Waals surface area contributed by atoms with E-state index in [1.54, 1.807) is 6.20 Å². The van der Waals surface area contributed by atoms with Crippen molar-refractivity contribution in [2.75, 3.05) is 0 Å². The number of aryl methyl sites for hydroxylation is 1. The van der Waals surface area contributed by atoms with Crippen LogP contribution in [0.2, 0.25) is 0 Å². The first-order valence-electron chi connectivity index (χ1n) is 8.95. The van der Waals surface area contributed by atoms with Gasteiger partial charge in [-0.15, -0.1) is 4.68 Å². The molecule has 25 heavy (non-hydrogen) atoms. The van der Waals surface area contributed by atoms with Crippen molar-refractivity contribution in [1.29, 1.82) is 0 Å². The minimum Gasteiger partial charge on any atom is -0.361 e. The molecular formula is C19H28N5O+. The van der Waals surface area contributed by atoms with Gasteiger partial charge in [-0.25, -0.2) is 0 Å². The summed E-state index contributed by atoms with van der Waals surface area (Å²) >= 11 is 0. The molecular weight excluding hydrogens is 314 g/mol. The molecule has 2 unspecified atom stereocenters. The van der Waals surface area contributed by atoms with E-state index < -0.39 is 0 Å². The number of nitrogens with one attached hydrogen (secondary N) is 1. The van der Waals surface area contributed by atoms with Crippen LogP contribution in [-0.4, -0.2) is 20.0 Å². The van der Waals surface area contributed by atoms with Crippen molar-refractivity contribution in [2.24, 2.45) is 7.05 Å². The first kappa shape index (κ1) is 17.5. The van der Waals surface area contributed by atoms with Crippen molar-refractivity contribution >= 4 is 0 Å². The Bertz CT molecular complexity index is 800. The number of aromatic nitrogens is 5. The van der Waals surface area contributed by atoms with Gasteiger partial charge in [0.15, 0.2) is 12.7 Å². The molecule has 3 aromatic heterocycles. The lowest BCUT2D eigenvalue weighted by atomic mass is 10.0. The van der Waals surface area contributed by atoms with Crippen molar-refractivity contribution in [3.8, 4) is 0 Å². The molecule has 3 rings (SSSR count). The molecule has 1 N–H and O–H groups in total. The van der Waals surface area contributed by atoms with E-state index in [2.05, 4.69) is 61.0 Å². The van der Waals surface area contributed by atoms with Crippen molar-refractivity contribution < 1.29 is 9.20 Å². The van der Waals surface area contributed by atoms with Gasteiger partial charge in [-0.05, 0) is 12.0 Å². The van der Waals surface area contributed by atoms with Crippen LogP contribution in [0.15, 0.2) is 35.1 Å². The van der Waals surface area contributed by atoms with Gasteiger partial charge >= 0.3 is 0 Å². The van der Waals surface area contributed by atoms with Gasteiger partial charge in [0.2, 0.25) is 0 Å². The first-order valence-corrected chi connectivity index (χ1v) is 8.95. The lowest BCUT2D eigenvalue weighted by Crippen LogP contribution is -2.38. The Morgan fingerprint density at radius 1 is 1.20 bits per heavy atom. The van der Waals surface area contributed by atoms with Crippen LogP contribution in [0.5, 0.6) is 0 Å². The van der Waals surface area contributed by atoms with E-state index in [1.165, 1.54) is 11.4 Å². The monoisotopic (exact) mass is 342 g/mol. The van der Waals surface area contributed by atoms with Crippen molar-refractivity contribution in [2.45, 2.75) is 58.4 Å².